The van der Waals surface area contributed by atoms with Gasteiger partial charge in [0.2, 0.25) is 0 Å². The van der Waals surface area contributed by atoms with Crippen molar-refractivity contribution in [1.29, 1.82) is 0 Å². The van der Waals surface area contributed by atoms with Gasteiger partial charge in [-0.2, -0.15) is 0 Å². The smallest absolute Gasteiger partial charge is 0.0721 e. The van der Waals surface area contributed by atoms with E-state index in [2.05, 4.69) is 11.4 Å². The van der Waals surface area contributed by atoms with Gasteiger partial charge in [-0.25, -0.2) is 4.31 Å². The van der Waals surface area contributed by atoms with Gasteiger partial charge in [-0.3, -0.25) is 4.21 Å². The van der Waals surface area contributed by atoms with Gasteiger partial charge in [-0.15, -0.1) is 0 Å². The van der Waals surface area contributed by atoms with Crippen LogP contribution in [0.2, 0.25) is 0 Å². The lowest BCUT2D eigenvalue weighted by Crippen LogP contribution is -2.41. The molecule has 1 aliphatic heterocycles. The lowest BCUT2D eigenvalue weighted by molar-refractivity contribution is 0.356. The zero-order chi connectivity index (χ0) is 12.4. The lowest BCUT2D eigenvalue weighted by Gasteiger charge is -2.26. The van der Waals surface area contributed by atoms with Crippen LogP contribution in [0, 0.1) is 0 Å². The second-order valence-electron chi connectivity index (χ2n) is 4.20. The summed E-state index contributed by atoms with van der Waals surface area (Å²) in [4.78, 5) is 0. The number of anilines is 1. The Hall–Kier alpha value is -0.950. The second kappa shape index (κ2) is 5.14. The van der Waals surface area contributed by atoms with Gasteiger partial charge in [0.05, 0.1) is 6.17 Å². The maximum atomic E-state index is 10.8. The number of hydrogen-bond acceptors (Lipinski definition) is 4. The highest BCUT2D eigenvalue weighted by molar-refractivity contribution is 7.76. The van der Waals surface area contributed by atoms with E-state index < -0.39 is 17.4 Å². The molecule has 94 valence electrons. The Morgan fingerprint density at radius 1 is 1.65 bits per heavy atom. The Kier molecular flexibility index (Phi) is 3.78. The fourth-order valence-corrected chi connectivity index (χ4v) is 2.26. The molecule has 0 saturated heterocycles. The molecule has 0 radical (unpaired) electrons. The van der Waals surface area contributed by atoms with Crippen molar-refractivity contribution in [1.82, 2.24) is 4.31 Å². The van der Waals surface area contributed by atoms with E-state index in [0.29, 0.717) is 6.42 Å². The Bertz CT molecular complexity index is 439. The molecule has 17 heavy (non-hydrogen) atoms. The summed E-state index contributed by atoms with van der Waals surface area (Å²) in [6.45, 7) is 0.968. The topological polar surface area (TPSA) is 81.4 Å². The Morgan fingerprint density at radius 3 is 3.12 bits per heavy atom. The highest BCUT2D eigenvalue weighted by Crippen LogP contribution is 2.23. The highest BCUT2D eigenvalue weighted by atomic mass is 32.2. The van der Waals surface area contributed by atoms with E-state index in [-0.39, 0.29) is 0 Å². The summed E-state index contributed by atoms with van der Waals surface area (Å²) in [6.07, 6.45) is 1.03. The van der Waals surface area contributed by atoms with Crippen LogP contribution in [0.4, 0.5) is 5.69 Å². The minimum atomic E-state index is -2.27. The molecule has 0 fully saturated rings. The summed E-state index contributed by atoms with van der Waals surface area (Å²) < 4.78 is 22.6. The van der Waals surface area contributed by atoms with Crippen LogP contribution >= 0.6 is 0 Å². The van der Waals surface area contributed by atoms with Crippen molar-refractivity contribution < 1.29 is 8.76 Å². The molecular formula is C11H16N3O2S-. The monoisotopic (exact) mass is 254 g/mol. The van der Waals surface area contributed by atoms with Crippen LogP contribution in [0.3, 0.4) is 0 Å². The van der Waals surface area contributed by atoms with Crippen LogP contribution < -0.4 is 11.1 Å². The van der Waals surface area contributed by atoms with E-state index in [4.69, 9.17) is 5.73 Å². The summed E-state index contributed by atoms with van der Waals surface area (Å²) in [5.74, 6) is 0. The number of fused-ring (bicyclic) bond motifs is 1. The van der Waals surface area contributed by atoms with E-state index >= 15 is 0 Å². The quantitative estimate of drug-likeness (QED) is 0.594. The zero-order valence-corrected chi connectivity index (χ0v) is 10.5. The lowest BCUT2D eigenvalue weighted by atomic mass is 10.1. The van der Waals surface area contributed by atoms with Gasteiger partial charge in [-0.05, 0) is 23.6 Å². The first-order valence-electron chi connectivity index (χ1n) is 5.51. The summed E-state index contributed by atoms with van der Waals surface area (Å²) >= 11 is -2.27. The fourth-order valence-electron chi connectivity index (χ4n) is 1.97. The molecule has 5 nitrogen and oxygen atoms in total. The molecule has 0 saturated carbocycles. The molecule has 2 unspecified atom stereocenters. The summed E-state index contributed by atoms with van der Waals surface area (Å²) in [6, 6.07) is 6.11. The number of hydrogen-bond donors (Lipinski definition) is 2. The first kappa shape index (κ1) is 12.5. The molecule has 0 spiro atoms. The van der Waals surface area contributed by atoms with Gasteiger partial charge in [0.15, 0.2) is 0 Å². The van der Waals surface area contributed by atoms with Gasteiger partial charge in [0.25, 0.3) is 0 Å². The third kappa shape index (κ3) is 2.84. The molecule has 0 aromatic heterocycles. The number of likely N-dealkylation sites (N-methyl/N-ethyl adjacent to an activating group) is 1. The van der Waals surface area contributed by atoms with Gasteiger partial charge < -0.3 is 15.6 Å². The van der Waals surface area contributed by atoms with Crippen molar-refractivity contribution in [3.05, 3.63) is 29.3 Å². The molecule has 6 heteroatoms. The van der Waals surface area contributed by atoms with E-state index in [1.165, 1.54) is 18.3 Å². The van der Waals surface area contributed by atoms with E-state index in [1.807, 2.05) is 12.1 Å². The largest absolute Gasteiger partial charge is 0.760 e. The molecular weight excluding hydrogens is 238 g/mol. The molecule has 1 heterocycles. The number of nitrogens with one attached hydrogen (secondary N) is 1. The number of rotatable bonds is 4. The minimum absolute atomic E-state index is 0.513. The predicted octanol–water partition coefficient (Wildman–Crippen LogP) is 0.208. The number of nitrogens with zero attached hydrogens (tertiary/aromatic N) is 1. The van der Waals surface area contributed by atoms with Gasteiger partial charge in [0.1, 0.15) is 0 Å². The van der Waals surface area contributed by atoms with Crippen LogP contribution in [0.1, 0.15) is 11.1 Å². The molecule has 1 aliphatic rings. The summed E-state index contributed by atoms with van der Waals surface area (Å²) in [7, 11) is 1.47. The van der Waals surface area contributed by atoms with Gasteiger partial charge in [0, 0.05) is 37.0 Å². The normalized spacial score (nSPS) is 17.6. The molecule has 3 N–H and O–H groups in total. The minimum Gasteiger partial charge on any atom is -0.760 e. The van der Waals surface area contributed by atoms with Crippen LogP contribution in [0.25, 0.3) is 0 Å². The van der Waals surface area contributed by atoms with Gasteiger partial charge in [-0.1, -0.05) is 12.1 Å². The van der Waals surface area contributed by atoms with Crippen LogP contribution in [0.15, 0.2) is 18.2 Å². The first-order chi connectivity index (χ1) is 8.08. The van der Waals surface area contributed by atoms with E-state index in [0.717, 1.165) is 22.8 Å². The number of nitrogens with two attached hydrogens (primary N) is 1. The Morgan fingerprint density at radius 2 is 2.41 bits per heavy atom. The molecule has 2 atom stereocenters. The summed E-state index contributed by atoms with van der Waals surface area (Å²) in [5.41, 5.74) is 9.33. The van der Waals surface area contributed by atoms with Crippen LogP contribution in [-0.2, 0) is 24.1 Å². The van der Waals surface area contributed by atoms with Crippen molar-refractivity contribution in [2.45, 2.75) is 19.0 Å². The summed E-state index contributed by atoms with van der Waals surface area (Å²) in [5, 5.41) is 3.28. The zero-order valence-electron chi connectivity index (χ0n) is 9.68. The maximum Gasteiger partial charge on any atom is 0.0721 e. The van der Waals surface area contributed by atoms with Gasteiger partial charge >= 0.3 is 0 Å². The molecule has 2 rings (SSSR count). The standard InChI is InChI=1S/C11H17N3O2S/c1-14(17(15)16)11(12)7-8-2-3-10-9(6-8)4-5-13-10/h2-3,6,11,13H,4-5,7,12H2,1H3,(H,15,16)/p-1. The van der Waals surface area contributed by atoms with Crippen LogP contribution in [-0.4, -0.2) is 32.8 Å². The third-order valence-electron chi connectivity index (χ3n) is 3.03. The molecule has 1 aromatic carbocycles. The molecule has 0 bridgehead atoms. The molecule has 0 aliphatic carbocycles. The SMILES string of the molecule is CN(C(N)Cc1ccc2c(c1)CCN2)S(=O)[O-]. The van der Waals surface area contributed by atoms with E-state index in [1.54, 1.807) is 0 Å². The average Bonchev–Trinajstić information content (AvgIpc) is 2.74. The second-order valence-corrected chi connectivity index (χ2v) is 5.21. The van der Waals surface area contributed by atoms with Crippen molar-refractivity contribution in [2.24, 2.45) is 5.73 Å². The van der Waals surface area contributed by atoms with E-state index in [9.17, 15) is 8.76 Å². The van der Waals surface area contributed by atoms with Crippen LogP contribution in [0.5, 0.6) is 0 Å². The molecule has 0 amide bonds. The Labute approximate surface area is 103 Å². The van der Waals surface area contributed by atoms with Crippen molar-refractivity contribution in [3.63, 3.8) is 0 Å². The van der Waals surface area contributed by atoms with Crippen molar-refractivity contribution in [3.8, 4) is 0 Å². The molecule has 1 aromatic rings. The van der Waals surface area contributed by atoms with Crippen molar-refractivity contribution in [2.75, 3.05) is 18.9 Å². The average molecular weight is 254 g/mol. The maximum absolute atomic E-state index is 10.8. The number of benzene rings is 1. The highest BCUT2D eigenvalue weighted by Gasteiger charge is 2.14. The predicted molar refractivity (Wildman–Crippen MR) is 67.0 cm³/mol. The third-order valence-corrected chi connectivity index (χ3v) is 3.77. The van der Waals surface area contributed by atoms with Crippen molar-refractivity contribution >= 4 is 17.0 Å². The Balaban J connectivity index is 2.06. The first-order valence-corrected chi connectivity index (χ1v) is 6.54. The fraction of sp³-hybridized carbons (Fsp3) is 0.455.